The minimum absolute atomic E-state index is 0.0345. The van der Waals surface area contributed by atoms with Gasteiger partial charge < -0.3 is 15.5 Å². The summed E-state index contributed by atoms with van der Waals surface area (Å²) in [6.07, 6.45) is 1.42. The molecule has 1 saturated heterocycles. The molecule has 1 aliphatic carbocycles. The van der Waals surface area contributed by atoms with Gasteiger partial charge in [0.15, 0.2) is 0 Å². The van der Waals surface area contributed by atoms with Gasteiger partial charge in [-0.3, -0.25) is 14.4 Å². The number of amides is 3. The fourth-order valence-corrected chi connectivity index (χ4v) is 5.44. The number of nitrogens with one attached hydrogen (secondary N) is 2. The Bertz CT molecular complexity index is 1280. The van der Waals surface area contributed by atoms with Gasteiger partial charge in [0.25, 0.3) is 5.91 Å². The van der Waals surface area contributed by atoms with Crippen LogP contribution in [0.15, 0.2) is 30.5 Å². The van der Waals surface area contributed by atoms with Crippen molar-refractivity contribution in [3.8, 4) is 6.07 Å². The van der Waals surface area contributed by atoms with Crippen molar-refractivity contribution in [1.29, 1.82) is 5.26 Å². The molecule has 37 heavy (non-hydrogen) atoms. The van der Waals surface area contributed by atoms with E-state index in [9.17, 15) is 28.4 Å². The molecule has 1 aromatic heterocycles. The van der Waals surface area contributed by atoms with Crippen LogP contribution in [-0.2, 0) is 14.4 Å². The molecule has 9 nitrogen and oxygen atoms in total. The summed E-state index contributed by atoms with van der Waals surface area (Å²) in [5.41, 5.74) is 0.832. The number of likely N-dealkylation sites (tertiary alicyclic amines) is 1. The smallest absolute Gasteiger partial charge is 0.321 e. The summed E-state index contributed by atoms with van der Waals surface area (Å²) < 4.78 is 27.1. The van der Waals surface area contributed by atoms with Crippen LogP contribution in [0.1, 0.15) is 46.2 Å². The van der Waals surface area contributed by atoms with E-state index in [2.05, 4.69) is 26.9 Å². The molecule has 0 radical (unpaired) electrons. The van der Waals surface area contributed by atoms with Gasteiger partial charge >= 0.3 is 5.92 Å². The molecule has 1 saturated carbocycles. The summed E-state index contributed by atoms with van der Waals surface area (Å²) >= 11 is 0. The third-order valence-electron chi connectivity index (χ3n) is 7.68. The van der Waals surface area contributed by atoms with E-state index in [0.29, 0.717) is 23.4 Å². The highest BCUT2D eigenvalue weighted by molar-refractivity contribution is 5.95. The third kappa shape index (κ3) is 4.72. The molecule has 5 atom stereocenters. The van der Waals surface area contributed by atoms with Crippen LogP contribution in [0.2, 0.25) is 0 Å². The molecule has 1 unspecified atom stereocenters. The fourth-order valence-electron chi connectivity index (χ4n) is 5.44. The Kier molecular flexibility index (Phi) is 6.65. The Morgan fingerprint density at radius 2 is 1.89 bits per heavy atom. The lowest BCUT2D eigenvalue weighted by Gasteiger charge is -2.34. The predicted molar refractivity (Wildman–Crippen MR) is 130 cm³/mol. The minimum Gasteiger partial charge on any atom is -0.339 e. The number of fused-ring (bicyclic) bond motifs is 2. The first-order valence-electron chi connectivity index (χ1n) is 12.2. The van der Waals surface area contributed by atoms with Crippen molar-refractivity contribution in [2.24, 2.45) is 23.2 Å². The molecule has 2 aliphatic rings. The van der Waals surface area contributed by atoms with Gasteiger partial charge in [0.1, 0.15) is 18.1 Å². The Labute approximate surface area is 213 Å². The molecule has 1 aromatic carbocycles. The van der Waals surface area contributed by atoms with Gasteiger partial charge in [-0.1, -0.05) is 45.9 Å². The number of rotatable bonds is 7. The van der Waals surface area contributed by atoms with Gasteiger partial charge in [0, 0.05) is 24.4 Å². The highest BCUT2D eigenvalue weighted by Gasteiger charge is 2.69. The van der Waals surface area contributed by atoms with Crippen molar-refractivity contribution >= 4 is 28.6 Å². The molecule has 4 rings (SSSR count). The van der Waals surface area contributed by atoms with Crippen LogP contribution in [0.25, 0.3) is 10.9 Å². The number of carbonyl (C=O) groups excluding carboxylic acids is 3. The van der Waals surface area contributed by atoms with Crippen LogP contribution in [0.4, 0.5) is 8.78 Å². The van der Waals surface area contributed by atoms with Gasteiger partial charge in [-0.2, -0.15) is 24.2 Å². The van der Waals surface area contributed by atoms with Crippen LogP contribution in [-0.4, -0.2) is 57.4 Å². The second-order valence-electron chi connectivity index (χ2n) is 10.9. The lowest BCUT2D eigenvalue weighted by molar-refractivity contribution is -0.150. The summed E-state index contributed by atoms with van der Waals surface area (Å²) in [6, 6.07) is 6.01. The largest absolute Gasteiger partial charge is 0.339 e. The van der Waals surface area contributed by atoms with Crippen LogP contribution in [0, 0.1) is 34.5 Å². The zero-order valence-electron chi connectivity index (χ0n) is 21.3. The van der Waals surface area contributed by atoms with Crippen molar-refractivity contribution in [3.05, 3.63) is 36.0 Å². The summed E-state index contributed by atoms with van der Waals surface area (Å²) in [5.74, 6) is -6.94. The van der Waals surface area contributed by atoms with Crippen molar-refractivity contribution in [2.75, 3.05) is 6.54 Å². The van der Waals surface area contributed by atoms with Gasteiger partial charge in [-0.05, 0) is 29.2 Å². The zero-order valence-corrected chi connectivity index (χ0v) is 21.3. The lowest BCUT2D eigenvalue weighted by Crippen LogP contribution is -2.58. The van der Waals surface area contributed by atoms with E-state index in [-0.39, 0.29) is 23.8 Å². The number of carbonyl (C=O) groups is 3. The number of halogens is 2. The van der Waals surface area contributed by atoms with E-state index in [1.165, 1.54) is 11.1 Å². The highest BCUT2D eigenvalue weighted by Crippen LogP contribution is 2.65. The average Bonchev–Trinajstić information content (AvgIpc) is 3.17. The molecule has 0 bridgehead atoms. The Balaban J connectivity index is 1.61. The average molecular weight is 513 g/mol. The topological polar surface area (TPSA) is 128 Å². The lowest BCUT2D eigenvalue weighted by atomic mass is 9.96. The second kappa shape index (κ2) is 9.32. The van der Waals surface area contributed by atoms with Crippen LogP contribution < -0.4 is 10.6 Å². The van der Waals surface area contributed by atoms with Gasteiger partial charge in [0.05, 0.1) is 17.8 Å². The van der Waals surface area contributed by atoms with Crippen LogP contribution in [0.3, 0.4) is 0 Å². The standard InChI is InChI=1S/C26H30F2N6O3/c1-13(2)20(32-24(37)26(5,27)28)23(36)34-12-16-19(25(16,3)4)21(34)22(35)31-18(10-29)15-11-30-33-17-9-7-6-8-14(15)17/h6-9,11,13,16,18-21H,12H2,1-5H3,(H,31,35)(H,32,37)/t16-,18?,19-,20-,21-/m0/s1. The molecule has 2 heterocycles. The molecular weight excluding hydrogens is 482 g/mol. The van der Waals surface area contributed by atoms with Crippen LogP contribution >= 0.6 is 0 Å². The predicted octanol–water partition coefficient (Wildman–Crippen LogP) is 2.59. The highest BCUT2D eigenvalue weighted by atomic mass is 19.3. The quantitative estimate of drug-likeness (QED) is 0.587. The number of benzene rings is 1. The van der Waals surface area contributed by atoms with Crippen LogP contribution in [0.5, 0.6) is 0 Å². The molecule has 0 spiro atoms. The molecule has 1 aliphatic heterocycles. The Morgan fingerprint density at radius 3 is 2.51 bits per heavy atom. The summed E-state index contributed by atoms with van der Waals surface area (Å²) in [5, 5.41) is 23.5. The third-order valence-corrected chi connectivity index (χ3v) is 7.68. The normalized spacial score (nSPS) is 23.6. The monoisotopic (exact) mass is 512 g/mol. The number of hydrogen-bond donors (Lipinski definition) is 2. The van der Waals surface area contributed by atoms with Gasteiger partial charge in [-0.15, -0.1) is 0 Å². The molecule has 2 N–H and O–H groups in total. The number of nitrogens with zero attached hydrogens (tertiary/aromatic N) is 4. The maximum atomic E-state index is 13.6. The van der Waals surface area contributed by atoms with Crippen molar-refractivity contribution < 1.29 is 23.2 Å². The van der Waals surface area contributed by atoms with E-state index in [1.807, 2.05) is 13.8 Å². The summed E-state index contributed by atoms with van der Waals surface area (Å²) in [4.78, 5) is 40.5. The van der Waals surface area contributed by atoms with E-state index in [0.717, 1.165) is 0 Å². The maximum Gasteiger partial charge on any atom is 0.321 e. The number of piperidine rings is 1. The van der Waals surface area contributed by atoms with Crippen molar-refractivity contribution in [1.82, 2.24) is 25.7 Å². The summed E-state index contributed by atoms with van der Waals surface area (Å²) in [6.45, 7) is 8.01. The summed E-state index contributed by atoms with van der Waals surface area (Å²) in [7, 11) is 0. The first-order valence-corrected chi connectivity index (χ1v) is 12.2. The minimum atomic E-state index is -3.65. The van der Waals surface area contributed by atoms with E-state index in [1.54, 1.807) is 38.1 Å². The number of aromatic nitrogens is 2. The Morgan fingerprint density at radius 1 is 1.22 bits per heavy atom. The first kappa shape index (κ1) is 26.4. The maximum absolute atomic E-state index is 13.6. The molecular formula is C26H30F2N6O3. The SMILES string of the molecule is CC(C)[C@H](NC(=O)C(C)(F)F)C(=O)N1C[C@H]2[C@@H]([C@H]1C(=O)NC(C#N)c1cnnc3ccccc13)C2(C)C. The second-order valence-corrected chi connectivity index (χ2v) is 10.9. The molecule has 2 fully saturated rings. The number of alkyl halides is 2. The van der Waals surface area contributed by atoms with Crippen molar-refractivity contribution in [3.63, 3.8) is 0 Å². The first-order chi connectivity index (χ1) is 17.3. The van der Waals surface area contributed by atoms with Crippen molar-refractivity contribution in [2.45, 2.75) is 58.7 Å². The van der Waals surface area contributed by atoms with E-state index < -0.39 is 47.7 Å². The number of nitriles is 1. The van der Waals surface area contributed by atoms with Gasteiger partial charge in [0.2, 0.25) is 11.8 Å². The van der Waals surface area contributed by atoms with Gasteiger partial charge in [-0.25, -0.2) is 0 Å². The zero-order chi connectivity index (χ0) is 27.3. The number of hydrogen-bond acceptors (Lipinski definition) is 6. The Hall–Kier alpha value is -3.68. The molecule has 3 amide bonds. The molecule has 196 valence electrons. The van der Waals surface area contributed by atoms with E-state index in [4.69, 9.17) is 0 Å². The molecule has 2 aromatic rings. The van der Waals surface area contributed by atoms with E-state index >= 15 is 0 Å². The molecule has 11 heteroatoms. The fraction of sp³-hybridized carbons (Fsp3) is 0.538.